The molecule has 0 unspecified atom stereocenters. The highest BCUT2D eigenvalue weighted by Gasteiger charge is 2.12. The molecule has 2 rings (SSSR count). The number of hydrogen-bond acceptors (Lipinski definition) is 3. The number of allylic oxidation sites excluding steroid dienone is 1. The highest BCUT2D eigenvalue weighted by molar-refractivity contribution is 6.09. The molecule has 112 valence electrons. The Bertz CT molecular complexity index is 716. The molecule has 1 N–H and O–H groups in total. The molecule has 22 heavy (non-hydrogen) atoms. The molecule has 0 radical (unpaired) electrons. The normalized spacial score (nSPS) is 11.7. The van der Waals surface area contributed by atoms with Crippen molar-refractivity contribution in [3.8, 4) is 0 Å². The van der Waals surface area contributed by atoms with E-state index in [1.54, 1.807) is 49.5 Å². The van der Waals surface area contributed by atoms with E-state index < -0.39 is 5.97 Å². The third-order valence-corrected chi connectivity index (χ3v) is 3.55. The summed E-state index contributed by atoms with van der Waals surface area (Å²) < 4.78 is 0. The van der Waals surface area contributed by atoms with Crippen molar-refractivity contribution in [2.45, 2.75) is 20.3 Å². The summed E-state index contributed by atoms with van der Waals surface area (Å²) in [6.07, 6.45) is 3.77. The fraction of sp³-hybridized carbons (Fsp3) is 0.167. The number of carbonyl (C=O) groups is 2. The zero-order valence-corrected chi connectivity index (χ0v) is 12.5. The van der Waals surface area contributed by atoms with E-state index in [0.29, 0.717) is 23.1 Å². The highest BCUT2D eigenvalue weighted by atomic mass is 16.4. The second-order valence-electron chi connectivity index (χ2n) is 4.91. The average molecular weight is 295 g/mol. The summed E-state index contributed by atoms with van der Waals surface area (Å²) in [5.74, 6) is -1.02. The number of hydrogen-bond donors (Lipinski definition) is 1. The monoisotopic (exact) mass is 295 g/mol. The molecule has 1 aromatic heterocycles. The molecule has 2 aromatic rings. The van der Waals surface area contributed by atoms with E-state index in [0.717, 1.165) is 11.1 Å². The van der Waals surface area contributed by atoms with Crippen molar-refractivity contribution in [1.29, 1.82) is 0 Å². The Balaban J connectivity index is 2.33. The standard InChI is InChI=1S/C18H17NO3/c1-3-16(12(2)18(21)22)13-6-8-14(9-7-13)17(20)15-5-4-10-19-11-15/h4-11H,3H2,1-2H3,(H,21,22). The topological polar surface area (TPSA) is 67.3 Å². The van der Waals surface area contributed by atoms with Crippen LogP contribution in [0.15, 0.2) is 54.4 Å². The van der Waals surface area contributed by atoms with Crippen LogP contribution in [0, 0.1) is 0 Å². The molecule has 1 aromatic carbocycles. The van der Waals surface area contributed by atoms with Gasteiger partial charge in [-0.2, -0.15) is 0 Å². The Morgan fingerprint density at radius 2 is 1.68 bits per heavy atom. The van der Waals surface area contributed by atoms with Gasteiger partial charge in [0.1, 0.15) is 0 Å². The molecule has 0 saturated carbocycles. The van der Waals surface area contributed by atoms with Gasteiger partial charge in [0.15, 0.2) is 5.78 Å². The summed E-state index contributed by atoms with van der Waals surface area (Å²) in [6, 6.07) is 10.4. The zero-order chi connectivity index (χ0) is 16.1. The van der Waals surface area contributed by atoms with Crippen LogP contribution in [0.2, 0.25) is 0 Å². The number of aromatic nitrogens is 1. The van der Waals surface area contributed by atoms with Gasteiger partial charge >= 0.3 is 5.97 Å². The SMILES string of the molecule is CCC(=C(C)C(=O)O)c1ccc(C(=O)c2cccnc2)cc1. The van der Waals surface area contributed by atoms with Crippen LogP contribution in [0.25, 0.3) is 5.57 Å². The second kappa shape index (κ2) is 6.80. The highest BCUT2D eigenvalue weighted by Crippen LogP contribution is 2.23. The van der Waals surface area contributed by atoms with Gasteiger partial charge in [-0.25, -0.2) is 4.79 Å². The largest absolute Gasteiger partial charge is 0.478 e. The fourth-order valence-electron chi connectivity index (χ4n) is 2.30. The first-order valence-corrected chi connectivity index (χ1v) is 7.02. The van der Waals surface area contributed by atoms with Crippen LogP contribution >= 0.6 is 0 Å². The van der Waals surface area contributed by atoms with Crippen LogP contribution < -0.4 is 0 Å². The third kappa shape index (κ3) is 3.28. The number of carboxylic acids is 1. The van der Waals surface area contributed by atoms with Gasteiger partial charge in [0.25, 0.3) is 0 Å². The number of benzene rings is 1. The predicted octanol–water partition coefficient (Wildman–Crippen LogP) is 3.58. The van der Waals surface area contributed by atoms with Gasteiger partial charge in [-0.15, -0.1) is 0 Å². The van der Waals surface area contributed by atoms with Crippen molar-refractivity contribution < 1.29 is 14.7 Å². The lowest BCUT2D eigenvalue weighted by molar-refractivity contribution is -0.132. The molecule has 0 atom stereocenters. The zero-order valence-electron chi connectivity index (χ0n) is 12.5. The van der Waals surface area contributed by atoms with E-state index in [4.69, 9.17) is 5.11 Å². The number of ketones is 1. The molecular weight excluding hydrogens is 278 g/mol. The van der Waals surface area contributed by atoms with E-state index in [1.807, 2.05) is 6.92 Å². The minimum atomic E-state index is -0.924. The number of carbonyl (C=O) groups excluding carboxylic acids is 1. The lowest BCUT2D eigenvalue weighted by Crippen LogP contribution is -2.03. The summed E-state index contributed by atoms with van der Waals surface area (Å²) >= 11 is 0. The quantitative estimate of drug-likeness (QED) is 0.676. The van der Waals surface area contributed by atoms with Gasteiger partial charge in [-0.3, -0.25) is 9.78 Å². The maximum absolute atomic E-state index is 12.3. The van der Waals surface area contributed by atoms with E-state index in [1.165, 1.54) is 6.20 Å². The average Bonchev–Trinajstić information content (AvgIpc) is 2.56. The number of carboxylic acid groups (broad SMARTS) is 1. The maximum Gasteiger partial charge on any atom is 0.331 e. The number of aliphatic carboxylic acids is 1. The molecule has 1 heterocycles. The van der Waals surface area contributed by atoms with Crippen LogP contribution in [0.3, 0.4) is 0 Å². The van der Waals surface area contributed by atoms with E-state index in [2.05, 4.69) is 4.98 Å². The van der Waals surface area contributed by atoms with Gasteiger partial charge in [0, 0.05) is 29.1 Å². The molecule has 4 heteroatoms. The van der Waals surface area contributed by atoms with Gasteiger partial charge < -0.3 is 5.11 Å². The Kier molecular flexibility index (Phi) is 4.84. The summed E-state index contributed by atoms with van der Waals surface area (Å²) in [5, 5.41) is 9.12. The molecule has 0 amide bonds. The molecule has 0 aliphatic carbocycles. The third-order valence-electron chi connectivity index (χ3n) is 3.55. The van der Waals surface area contributed by atoms with Crippen LogP contribution in [-0.2, 0) is 4.79 Å². The number of rotatable bonds is 5. The van der Waals surface area contributed by atoms with Crippen LogP contribution in [0.4, 0.5) is 0 Å². The summed E-state index contributed by atoms with van der Waals surface area (Å²) in [6.45, 7) is 3.51. The first-order valence-electron chi connectivity index (χ1n) is 7.02. The minimum Gasteiger partial charge on any atom is -0.478 e. The molecule has 0 aliphatic heterocycles. The van der Waals surface area contributed by atoms with Gasteiger partial charge in [-0.05, 0) is 36.6 Å². The Morgan fingerprint density at radius 1 is 1.05 bits per heavy atom. The van der Waals surface area contributed by atoms with Gasteiger partial charge in [-0.1, -0.05) is 31.2 Å². The van der Waals surface area contributed by atoms with E-state index >= 15 is 0 Å². The molecular formula is C18H17NO3. The molecule has 0 bridgehead atoms. The van der Waals surface area contributed by atoms with Crippen molar-refractivity contribution in [1.82, 2.24) is 4.98 Å². The summed E-state index contributed by atoms with van der Waals surface area (Å²) in [5.41, 5.74) is 3.01. The van der Waals surface area contributed by atoms with Crippen molar-refractivity contribution in [2.24, 2.45) is 0 Å². The maximum atomic E-state index is 12.3. The van der Waals surface area contributed by atoms with Crippen LogP contribution in [-0.4, -0.2) is 21.8 Å². The first kappa shape index (κ1) is 15.6. The van der Waals surface area contributed by atoms with Gasteiger partial charge in [0.2, 0.25) is 0 Å². The van der Waals surface area contributed by atoms with Crippen LogP contribution in [0.5, 0.6) is 0 Å². The lowest BCUT2D eigenvalue weighted by Gasteiger charge is -2.09. The molecule has 0 saturated heterocycles. The fourth-order valence-corrected chi connectivity index (χ4v) is 2.30. The van der Waals surface area contributed by atoms with Crippen molar-refractivity contribution in [3.63, 3.8) is 0 Å². The minimum absolute atomic E-state index is 0.100. The number of nitrogens with zero attached hydrogens (tertiary/aromatic N) is 1. The van der Waals surface area contributed by atoms with Crippen molar-refractivity contribution in [3.05, 3.63) is 71.1 Å². The number of pyridine rings is 1. The van der Waals surface area contributed by atoms with E-state index in [-0.39, 0.29) is 5.78 Å². The summed E-state index contributed by atoms with van der Waals surface area (Å²) in [4.78, 5) is 27.3. The van der Waals surface area contributed by atoms with Crippen molar-refractivity contribution >= 4 is 17.3 Å². The molecule has 0 fully saturated rings. The van der Waals surface area contributed by atoms with Crippen molar-refractivity contribution in [2.75, 3.05) is 0 Å². The molecule has 4 nitrogen and oxygen atoms in total. The Hall–Kier alpha value is -2.75. The smallest absolute Gasteiger partial charge is 0.331 e. The second-order valence-corrected chi connectivity index (χ2v) is 4.91. The van der Waals surface area contributed by atoms with Crippen LogP contribution in [0.1, 0.15) is 41.8 Å². The summed E-state index contributed by atoms with van der Waals surface area (Å²) in [7, 11) is 0. The van der Waals surface area contributed by atoms with E-state index in [9.17, 15) is 9.59 Å². The molecule has 0 spiro atoms. The predicted molar refractivity (Wildman–Crippen MR) is 84.6 cm³/mol. The molecule has 0 aliphatic rings. The van der Waals surface area contributed by atoms with Gasteiger partial charge in [0.05, 0.1) is 0 Å². The lowest BCUT2D eigenvalue weighted by atomic mass is 9.96. The Morgan fingerprint density at radius 3 is 2.18 bits per heavy atom. The first-order chi connectivity index (χ1) is 10.5. The Labute approximate surface area is 129 Å².